The van der Waals surface area contributed by atoms with E-state index in [1.54, 1.807) is 17.2 Å². The van der Waals surface area contributed by atoms with Crippen LogP contribution in [0.3, 0.4) is 0 Å². The van der Waals surface area contributed by atoms with Gasteiger partial charge >= 0.3 is 0 Å². The van der Waals surface area contributed by atoms with Crippen molar-refractivity contribution >= 4 is 17.2 Å². The summed E-state index contributed by atoms with van der Waals surface area (Å²) in [6, 6.07) is 22.7. The Bertz CT molecular complexity index is 1460. The van der Waals surface area contributed by atoms with Crippen LogP contribution in [-0.4, -0.2) is 32.3 Å². The molecular weight excluding hydrogens is 418 g/mol. The Morgan fingerprint density at radius 1 is 1.00 bits per heavy atom. The topological polar surface area (TPSA) is 84.8 Å². The van der Waals surface area contributed by atoms with Gasteiger partial charge in [0.15, 0.2) is 11.5 Å². The van der Waals surface area contributed by atoms with E-state index in [9.17, 15) is 4.79 Å². The number of hydrogen-bond donors (Lipinski definition) is 1. The molecule has 1 N–H and O–H groups in total. The zero-order valence-electron chi connectivity index (χ0n) is 17.5. The molecule has 162 valence electrons. The van der Waals surface area contributed by atoms with Crippen LogP contribution in [0.15, 0.2) is 85.2 Å². The number of para-hydroxylation sites is 1. The molecule has 8 nitrogen and oxygen atoms in total. The summed E-state index contributed by atoms with van der Waals surface area (Å²) in [6.45, 7) is 0.560. The first kappa shape index (κ1) is 19.1. The number of ether oxygens (including phenoxy) is 2. The molecule has 1 aliphatic rings. The SMILES string of the molecule is O=C(c1cc(-c2ccc3c(c2)OCO3)n[nH]1)N(Cc1cnc2ccccn12)c1ccccc1. The maximum Gasteiger partial charge on any atom is 0.276 e. The number of amides is 1. The number of carbonyl (C=O) groups is 1. The van der Waals surface area contributed by atoms with Crippen molar-refractivity contribution < 1.29 is 14.3 Å². The number of benzene rings is 2. The maximum atomic E-state index is 13.6. The Hall–Kier alpha value is -4.59. The molecule has 0 bridgehead atoms. The number of imidazole rings is 1. The van der Waals surface area contributed by atoms with Gasteiger partial charge in [-0.15, -0.1) is 0 Å². The van der Waals surface area contributed by atoms with Gasteiger partial charge < -0.3 is 18.8 Å². The molecule has 0 saturated heterocycles. The Morgan fingerprint density at radius 3 is 2.76 bits per heavy atom. The van der Waals surface area contributed by atoms with E-state index in [-0.39, 0.29) is 12.7 Å². The first-order valence-corrected chi connectivity index (χ1v) is 10.5. The van der Waals surface area contributed by atoms with E-state index < -0.39 is 0 Å². The van der Waals surface area contributed by atoms with Gasteiger partial charge in [-0.05, 0) is 48.5 Å². The summed E-state index contributed by atoms with van der Waals surface area (Å²) in [6.07, 6.45) is 3.74. The van der Waals surface area contributed by atoms with Crippen LogP contribution in [0, 0.1) is 0 Å². The molecule has 8 heteroatoms. The van der Waals surface area contributed by atoms with Crippen LogP contribution in [-0.2, 0) is 6.54 Å². The van der Waals surface area contributed by atoms with Crippen molar-refractivity contribution in [3.05, 3.63) is 96.6 Å². The molecule has 0 aliphatic carbocycles. The molecule has 1 aliphatic heterocycles. The summed E-state index contributed by atoms with van der Waals surface area (Å²) in [7, 11) is 0. The summed E-state index contributed by atoms with van der Waals surface area (Å²) >= 11 is 0. The van der Waals surface area contributed by atoms with Crippen LogP contribution in [0.1, 0.15) is 16.2 Å². The molecule has 0 atom stereocenters. The number of fused-ring (bicyclic) bond motifs is 2. The van der Waals surface area contributed by atoms with Crippen molar-refractivity contribution in [3.8, 4) is 22.8 Å². The third kappa shape index (κ3) is 3.47. The number of anilines is 1. The van der Waals surface area contributed by atoms with E-state index in [0.29, 0.717) is 29.4 Å². The molecule has 0 fully saturated rings. The van der Waals surface area contributed by atoms with E-state index in [1.807, 2.05) is 77.3 Å². The van der Waals surface area contributed by atoms with E-state index in [1.165, 1.54) is 0 Å². The minimum Gasteiger partial charge on any atom is -0.454 e. The summed E-state index contributed by atoms with van der Waals surface area (Å²) < 4.78 is 12.8. The average Bonchev–Trinajstić information content (AvgIpc) is 3.62. The van der Waals surface area contributed by atoms with Crippen LogP contribution in [0.2, 0.25) is 0 Å². The van der Waals surface area contributed by atoms with Crippen LogP contribution in [0.25, 0.3) is 16.9 Å². The highest BCUT2D eigenvalue weighted by molar-refractivity contribution is 6.05. The van der Waals surface area contributed by atoms with E-state index in [4.69, 9.17) is 9.47 Å². The molecule has 33 heavy (non-hydrogen) atoms. The molecule has 2 aromatic carbocycles. The first-order chi connectivity index (χ1) is 16.3. The number of carbonyl (C=O) groups excluding carboxylic acids is 1. The third-order valence-corrected chi connectivity index (χ3v) is 5.60. The first-order valence-electron chi connectivity index (χ1n) is 10.5. The molecule has 0 radical (unpaired) electrons. The minimum atomic E-state index is -0.188. The minimum absolute atomic E-state index is 0.188. The molecular formula is C25H19N5O3. The van der Waals surface area contributed by atoms with Crippen molar-refractivity contribution in [2.75, 3.05) is 11.7 Å². The predicted molar refractivity (Wildman–Crippen MR) is 122 cm³/mol. The van der Waals surface area contributed by atoms with Crippen LogP contribution in [0.4, 0.5) is 5.69 Å². The molecule has 0 spiro atoms. The van der Waals surface area contributed by atoms with Crippen LogP contribution in [0.5, 0.6) is 11.5 Å². The number of aromatic amines is 1. The second-order valence-electron chi connectivity index (χ2n) is 7.64. The number of aromatic nitrogens is 4. The highest BCUT2D eigenvalue weighted by atomic mass is 16.7. The molecule has 1 amide bonds. The van der Waals surface area contributed by atoms with Crippen molar-refractivity contribution in [1.29, 1.82) is 0 Å². The van der Waals surface area contributed by atoms with Crippen molar-refractivity contribution in [2.45, 2.75) is 6.54 Å². The summed E-state index contributed by atoms with van der Waals surface area (Å²) in [4.78, 5) is 19.8. The summed E-state index contributed by atoms with van der Waals surface area (Å²) in [5.74, 6) is 1.18. The smallest absolute Gasteiger partial charge is 0.276 e. The number of rotatable bonds is 5. The lowest BCUT2D eigenvalue weighted by Gasteiger charge is -2.22. The Kier molecular flexibility index (Phi) is 4.54. The van der Waals surface area contributed by atoms with Gasteiger partial charge in [-0.3, -0.25) is 9.89 Å². The maximum absolute atomic E-state index is 13.6. The van der Waals surface area contributed by atoms with E-state index >= 15 is 0 Å². The van der Waals surface area contributed by atoms with E-state index in [2.05, 4.69) is 15.2 Å². The molecule has 4 heterocycles. The number of pyridine rings is 1. The molecule has 6 rings (SSSR count). The number of nitrogens with one attached hydrogen (secondary N) is 1. The number of H-pyrrole nitrogens is 1. The normalized spacial score (nSPS) is 12.2. The van der Waals surface area contributed by atoms with Gasteiger partial charge in [-0.1, -0.05) is 24.3 Å². The third-order valence-electron chi connectivity index (χ3n) is 5.60. The van der Waals surface area contributed by atoms with Gasteiger partial charge in [0, 0.05) is 17.4 Å². The number of nitrogens with zero attached hydrogens (tertiary/aromatic N) is 4. The van der Waals surface area contributed by atoms with Crippen molar-refractivity contribution in [2.24, 2.45) is 0 Å². The summed E-state index contributed by atoms with van der Waals surface area (Å²) in [5, 5.41) is 7.27. The standard InChI is InChI=1S/C25H19N5O3/c31-25(21-13-20(27-28-21)17-9-10-22-23(12-17)33-16-32-22)30(18-6-2-1-3-7-18)15-19-14-26-24-8-4-5-11-29(19)24/h1-14H,15-16H2,(H,27,28). The van der Waals surface area contributed by atoms with Gasteiger partial charge in [-0.2, -0.15) is 5.10 Å². The second kappa shape index (κ2) is 7.83. The van der Waals surface area contributed by atoms with E-state index in [0.717, 1.165) is 22.6 Å². The van der Waals surface area contributed by atoms with Crippen LogP contribution >= 0.6 is 0 Å². The molecule has 0 unspecified atom stereocenters. The zero-order valence-corrected chi connectivity index (χ0v) is 17.5. The quantitative estimate of drug-likeness (QED) is 0.443. The van der Waals surface area contributed by atoms with Gasteiger partial charge in [0.05, 0.1) is 24.1 Å². The zero-order chi connectivity index (χ0) is 22.2. The lowest BCUT2D eigenvalue weighted by Crippen LogP contribution is -2.31. The number of hydrogen-bond acceptors (Lipinski definition) is 5. The highest BCUT2D eigenvalue weighted by Gasteiger charge is 2.23. The van der Waals surface area contributed by atoms with Gasteiger partial charge in [0.2, 0.25) is 6.79 Å². The fourth-order valence-corrected chi connectivity index (χ4v) is 3.93. The average molecular weight is 437 g/mol. The Labute approximate surface area is 189 Å². The van der Waals surface area contributed by atoms with Gasteiger partial charge in [0.25, 0.3) is 5.91 Å². The van der Waals surface area contributed by atoms with Gasteiger partial charge in [-0.25, -0.2) is 4.98 Å². The highest BCUT2D eigenvalue weighted by Crippen LogP contribution is 2.35. The fraction of sp³-hybridized carbons (Fsp3) is 0.0800. The second-order valence-corrected chi connectivity index (χ2v) is 7.64. The largest absolute Gasteiger partial charge is 0.454 e. The van der Waals surface area contributed by atoms with Gasteiger partial charge in [0.1, 0.15) is 11.3 Å². The Balaban J connectivity index is 1.34. The lowest BCUT2D eigenvalue weighted by molar-refractivity contribution is 0.0980. The fourth-order valence-electron chi connectivity index (χ4n) is 3.93. The molecule has 5 aromatic rings. The lowest BCUT2D eigenvalue weighted by atomic mass is 10.1. The summed E-state index contributed by atoms with van der Waals surface area (Å²) in [5.41, 5.74) is 4.40. The van der Waals surface area contributed by atoms with Crippen molar-refractivity contribution in [1.82, 2.24) is 19.6 Å². The molecule has 3 aromatic heterocycles. The Morgan fingerprint density at radius 2 is 1.85 bits per heavy atom. The predicted octanol–water partition coefficient (Wildman–Crippen LogP) is 4.30. The monoisotopic (exact) mass is 437 g/mol. The molecule has 0 saturated carbocycles. The van der Waals surface area contributed by atoms with Crippen molar-refractivity contribution in [3.63, 3.8) is 0 Å². The van der Waals surface area contributed by atoms with Crippen LogP contribution < -0.4 is 14.4 Å².